The Balaban J connectivity index is 2.22. The van der Waals surface area contributed by atoms with E-state index < -0.39 is 17.7 Å². The molecule has 33 heavy (non-hydrogen) atoms. The van der Waals surface area contributed by atoms with E-state index in [1.165, 1.54) is 12.0 Å². The highest BCUT2D eigenvalue weighted by atomic mass is 35.5. The fourth-order valence-corrected chi connectivity index (χ4v) is 4.33. The zero-order chi connectivity index (χ0) is 24.1. The van der Waals surface area contributed by atoms with Gasteiger partial charge in [0.15, 0.2) is 0 Å². The Bertz CT molecular complexity index is 1080. The molecule has 0 aromatic heterocycles. The first-order valence-corrected chi connectivity index (χ1v) is 11.2. The molecule has 176 valence electrons. The predicted molar refractivity (Wildman–Crippen MR) is 126 cm³/mol. The Morgan fingerprint density at radius 2 is 1.97 bits per heavy atom. The van der Waals surface area contributed by atoms with Crippen LogP contribution in [0.3, 0.4) is 0 Å². The number of carbonyl (C=O) groups excluding carboxylic acids is 2. The van der Waals surface area contributed by atoms with Crippen molar-refractivity contribution in [3.05, 3.63) is 63.7 Å². The maximum Gasteiger partial charge on any atom is 0.295 e. The number of aliphatic hydroxyl groups excluding tert-OH is 2. The Morgan fingerprint density at radius 1 is 1.21 bits per heavy atom. The maximum absolute atomic E-state index is 13.2. The van der Waals surface area contributed by atoms with Gasteiger partial charge in [0.2, 0.25) is 0 Å². The molecule has 0 spiro atoms. The molecule has 0 saturated carbocycles. The van der Waals surface area contributed by atoms with Crippen molar-refractivity contribution in [1.29, 1.82) is 0 Å². The summed E-state index contributed by atoms with van der Waals surface area (Å²) in [6.07, 6.45) is 1.53. The number of amides is 1. The summed E-state index contributed by atoms with van der Waals surface area (Å²) in [4.78, 5) is 27.6. The van der Waals surface area contributed by atoms with Crippen LogP contribution in [0.25, 0.3) is 5.76 Å². The second kappa shape index (κ2) is 10.7. The Labute approximate surface area is 198 Å². The van der Waals surface area contributed by atoms with Gasteiger partial charge in [0.1, 0.15) is 23.9 Å². The van der Waals surface area contributed by atoms with Crippen molar-refractivity contribution in [2.45, 2.75) is 32.7 Å². The highest BCUT2D eigenvalue weighted by Gasteiger charge is 2.46. The van der Waals surface area contributed by atoms with Crippen molar-refractivity contribution in [2.24, 2.45) is 0 Å². The summed E-state index contributed by atoms with van der Waals surface area (Å²) < 4.78 is 10.9. The highest BCUT2D eigenvalue weighted by molar-refractivity contribution is 6.46. The van der Waals surface area contributed by atoms with Gasteiger partial charge in [-0.3, -0.25) is 9.59 Å². The fourth-order valence-electron chi connectivity index (χ4n) is 3.98. The summed E-state index contributed by atoms with van der Waals surface area (Å²) in [6.45, 7) is 4.12. The average Bonchev–Trinajstić information content (AvgIpc) is 3.05. The van der Waals surface area contributed by atoms with Gasteiger partial charge < -0.3 is 24.6 Å². The third-order valence-electron chi connectivity index (χ3n) is 5.47. The van der Waals surface area contributed by atoms with E-state index >= 15 is 0 Å². The topological polar surface area (TPSA) is 96.3 Å². The van der Waals surface area contributed by atoms with Crippen molar-refractivity contribution in [1.82, 2.24) is 4.90 Å². The number of Topliss-reactive ketones (excluding diaryl/α,β-unsaturated/α-hetero) is 1. The van der Waals surface area contributed by atoms with E-state index in [9.17, 15) is 14.7 Å². The van der Waals surface area contributed by atoms with Crippen molar-refractivity contribution in [3.8, 4) is 11.5 Å². The Kier molecular flexibility index (Phi) is 8.00. The van der Waals surface area contributed by atoms with Crippen LogP contribution >= 0.6 is 11.6 Å². The second-order valence-corrected chi connectivity index (χ2v) is 8.23. The number of likely N-dealkylation sites (tertiary alicyclic amines) is 1. The number of carbonyl (C=O) groups is 2. The quantitative estimate of drug-likeness (QED) is 0.321. The van der Waals surface area contributed by atoms with Gasteiger partial charge in [0.05, 0.1) is 35.9 Å². The van der Waals surface area contributed by atoms with Crippen molar-refractivity contribution < 1.29 is 29.3 Å². The monoisotopic (exact) mass is 473 g/mol. The number of ketones is 1. The third-order valence-corrected chi connectivity index (χ3v) is 5.75. The van der Waals surface area contributed by atoms with E-state index in [4.69, 9.17) is 26.2 Å². The predicted octanol–water partition coefficient (Wildman–Crippen LogP) is 4.25. The molecule has 1 saturated heterocycles. The van der Waals surface area contributed by atoms with Crippen LogP contribution in [0, 0.1) is 6.92 Å². The average molecular weight is 474 g/mol. The summed E-state index contributed by atoms with van der Waals surface area (Å²) in [5, 5.41) is 20.7. The number of hydrogen-bond acceptors (Lipinski definition) is 6. The van der Waals surface area contributed by atoms with Gasteiger partial charge in [-0.25, -0.2) is 0 Å². The van der Waals surface area contributed by atoms with Crippen LogP contribution in [0.4, 0.5) is 0 Å². The molecule has 1 unspecified atom stereocenters. The minimum Gasteiger partial charge on any atom is -0.507 e. The van der Waals surface area contributed by atoms with E-state index in [2.05, 4.69) is 0 Å². The molecule has 2 aromatic rings. The van der Waals surface area contributed by atoms with Gasteiger partial charge in [-0.2, -0.15) is 0 Å². The Hall–Kier alpha value is -3.03. The molecule has 2 N–H and O–H groups in total. The number of rotatable bonds is 9. The molecular weight excluding hydrogens is 446 g/mol. The lowest BCUT2D eigenvalue weighted by Crippen LogP contribution is -2.30. The van der Waals surface area contributed by atoms with Crippen molar-refractivity contribution in [2.75, 3.05) is 26.9 Å². The summed E-state index contributed by atoms with van der Waals surface area (Å²) in [5.74, 6) is -1.08. The molecule has 3 rings (SSSR count). The molecule has 8 heteroatoms. The minimum atomic E-state index is -0.807. The molecule has 1 amide bonds. The molecule has 1 atom stereocenters. The van der Waals surface area contributed by atoms with Gasteiger partial charge >= 0.3 is 0 Å². The molecule has 2 aromatic carbocycles. The molecule has 1 aliphatic heterocycles. The van der Waals surface area contributed by atoms with Gasteiger partial charge in [0, 0.05) is 6.54 Å². The molecular formula is C25H28ClNO6. The van der Waals surface area contributed by atoms with E-state index in [1.807, 2.05) is 6.92 Å². The zero-order valence-electron chi connectivity index (χ0n) is 18.9. The van der Waals surface area contributed by atoms with Gasteiger partial charge in [-0.15, -0.1) is 0 Å². The first kappa shape index (κ1) is 24.6. The van der Waals surface area contributed by atoms with Crippen molar-refractivity contribution >= 4 is 29.1 Å². The van der Waals surface area contributed by atoms with E-state index in [-0.39, 0.29) is 40.9 Å². The SMILES string of the molecule is CCCCN1C(=O)C(=O)/C(=C(/O)c2cc(C)cc(Cl)c2OC)C1c1cccc(OCCO)c1. The van der Waals surface area contributed by atoms with Crippen LogP contribution in [0.2, 0.25) is 5.02 Å². The fraction of sp³-hybridized carbons (Fsp3) is 0.360. The lowest BCUT2D eigenvalue weighted by atomic mass is 9.94. The third kappa shape index (κ3) is 4.99. The number of hydrogen-bond donors (Lipinski definition) is 2. The number of benzene rings is 2. The van der Waals surface area contributed by atoms with Crippen LogP contribution in [-0.2, 0) is 9.59 Å². The molecule has 1 fully saturated rings. The van der Waals surface area contributed by atoms with Crippen LogP contribution in [0.15, 0.2) is 42.0 Å². The van der Waals surface area contributed by atoms with Gasteiger partial charge in [0.25, 0.3) is 11.7 Å². The number of unbranched alkanes of at least 4 members (excludes halogenated alkanes) is 1. The smallest absolute Gasteiger partial charge is 0.295 e. The first-order chi connectivity index (χ1) is 15.8. The summed E-state index contributed by atoms with van der Waals surface area (Å²) >= 11 is 6.31. The standard InChI is InChI=1S/C25H28ClNO6/c1-4-5-9-27-21(16-7-6-8-17(14-16)33-11-10-28)20(23(30)25(27)31)22(29)18-12-15(2)13-19(26)24(18)32-3/h6-8,12-14,21,28-29H,4-5,9-11H2,1-3H3/b22-20+. The summed E-state index contributed by atoms with van der Waals surface area (Å²) in [5.41, 5.74) is 1.59. The maximum atomic E-state index is 13.2. The molecule has 0 aliphatic carbocycles. The molecule has 1 heterocycles. The first-order valence-electron chi connectivity index (χ1n) is 10.8. The highest BCUT2D eigenvalue weighted by Crippen LogP contribution is 2.43. The van der Waals surface area contributed by atoms with Crippen LogP contribution in [0.1, 0.15) is 42.5 Å². The van der Waals surface area contributed by atoms with Crippen molar-refractivity contribution in [3.63, 3.8) is 0 Å². The second-order valence-electron chi connectivity index (χ2n) is 7.82. The minimum absolute atomic E-state index is 0.0321. The summed E-state index contributed by atoms with van der Waals surface area (Å²) in [7, 11) is 1.42. The van der Waals surface area contributed by atoms with E-state index in [0.29, 0.717) is 24.3 Å². The van der Waals surface area contributed by atoms with Crippen LogP contribution in [-0.4, -0.2) is 53.7 Å². The van der Waals surface area contributed by atoms with Gasteiger partial charge in [-0.05, 0) is 48.7 Å². The normalized spacial score (nSPS) is 17.5. The lowest BCUT2D eigenvalue weighted by Gasteiger charge is -2.25. The van der Waals surface area contributed by atoms with Crippen LogP contribution < -0.4 is 9.47 Å². The van der Waals surface area contributed by atoms with Crippen LogP contribution in [0.5, 0.6) is 11.5 Å². The van der Waals surface area contributed by atoms with E-state index in [0.717, 1.165) is 12.0 Å². The number of aryl methyl sites for hydroxylation is 1. The Morgan fingerprint density at radius 3 is 2.64 bits per heavy atom. The number of methoxy groups -OCH3 is 1. The number of halogens is 1. The number of nitrogens with zero attached hydrogens (tertiary/aromatic N) is 1. The number of aliphatic hydroxyl groups is 2. The van der Waals surface area contributed by atoms with E-state index in [1.54, 1.807) is 43.3 Å². The van der Waals surface area contributed by atoms with Gasteiger partial charge in [-0.1, -0.05) is 37.1 Å². The largest absolute Gasteiger partial charge is 0.507 e. The number of ether oxygens (including phenoxy) is 2. The molecule has 1 aliphatic rings. The molecule has 7 nitrogen and oxygen atoms in total. The lowest BCUT2D eigenvalue weighted by molar-refractivity contribution is -0.139. The molecule has 0 bridgehead atoms. The summed E-state index contributed by atoms with van der Waals surface area (Å²) in [6, 6.07) is 9.49. The molecule has 0 radical (unpaired) electrons. The zero-order valence-corrected chi connectivity index (χ0v) is 19.7.